The maximum absolute atomic E-state index is 14.4. The van der Waals surface area contributed by atoms with Crippen LogP contribution in [-0.2, 0) is 0 Å². The third-order valence-electron chi connectivity index (χ3n) is 5.44. The first-order valence-electron chi connectivity index (χ1n) is 9.62. The highest BCUT2D eigenvalue weighted by molar-refractivity contribution is 5.95. The number of carbonyl (C=O) groups is 1. The van der Waals surface area contributed by atoms with Crippen LogP contribution in [0.1, 0.15) is 34.8 Å². The molecule has 30 heavy (non-hydrogen) atoms. The van der Waals surface area contributed by atoms with Gasteiger partial charge in [-0.1, -0.05) is 0 Å². The van der Waals surface area contributed by atoms with E-state index in [4.69, 9.17) is 0 Å². The molecule has 156 valence electrons. The average Bonchev–Trinajstić information content (AvgIpc) is 3.12. The first-order valence-corrected chi connectivity index (χ1v) is 9.62. The number of aryl methyl sites for hydroxylation is 1. The molecule has 0 aliphatic carbocycles. The van der Waals surface area contributed by atoms with Gasteiger partial charge in [0.05, 0.1) is 23.5 Å². The Kier molecular flexibility index (Phi) is 5.24. The Labute approximate surface area is 171 Å². The number of phenolic OH excluding ortho intramolecular Hbond substituents is 1. The summed E-state index contributed by atoms with van der Waals surface area (Å²) in [6.45, 7) is 2.48. The van der Waals surface area contributed by atoms with Gasteiger partial charge in [-0.15, -0.1) is 0 Å². The van der Waals surface area contributed by atoms with E-state index in [9.17, 15) is 23.1 Å². The number of likely N-dealkylation sites (tertiary alicyclic amines) is 1. The molecule has 1 aliphatic heterocycles. The molecule has 8 heteroatoms. The highest BCUT2D eigenvalue weighted by Gasteiger charge is 2.29. The third kappa shape index (κ3) is 3.65. The highest BCUT2D eigenvalue weighted by atomic mass is 19.1. The number of aromatic nitrogens is 2. The van der Waals surface area contributed by atoms with Crippen LogP contribution in [0, 0.1) is 24.4 Å². The van der Waals surface area contributed by atoms with E-state index in [0.717, 1.165) is 35.9 Å². The number of benzene rings is 2. The van der Waals surface area contributed by atoms with Crippen molar-refractivity contribution in [2.75, 3.05) is 13.1 Å². The molecule has 1 N–H and O–H groups in total. The number of phenols is 1. The Balaban J connectivity index is 1.55. The lowest BCUT2D eigenvalue weighted by Gasteiger charge is -2.33. The normalized spacial score (nSPS) is 14.9. The third-order valence-corrected chi connectivity index (χ3v) is 5.44. The van der Waals surface area contributed by atoms with Crippen LogP contribution in [0.25, 0.3) is 11.3 Å². The zero-order valence-corrected chi connectivity index (χ0v) is 16.3. The summed E-state index contributed by atoms with van der Waals surface area (Å²) in [4.78, 5) is 14.2. The average molecular weight is 415 g/mol. The van der Waals surface area contributed by atoms with E-state index in [-0.39, 0.29) is 22.9 Å². The quantitative estimate of drug-likeness (QED) is 0.687. The van der Waals surface area contributed by atoms with E-state index in [1.165, 1.54) is 11.0 Å². The van der Waals surface area contributed by atoms with Crippen molar-refractivity contribution in [1.82, 2.24) is 14.7 Å². The molecule has 0 bridgehead atoms. The molecule has 0 spiro atoms. The molecule has 1 amide bonds. The van der Waals surface area contributed by atoms with Crippen LogP contribution in [0.15, 0.2) is 42.6 Å². The largest absolute Gasteiger partial charge is 0.508 e. The second-order valence-electron chi connectivity index (χ2n) is 7.43. The van der Waals surface area contributed by atoms with E-state index in [0.29, 0.717) is 31.6 Å². The second-order valence-corrected chi connectivity index (χ2v) is 7.43. The van der Waals surface area contributed by atoms with Gasteiger partial charge in [0, 0.05) is 18.7 Å². The van der Waals surface area contributed by atoms with Gasteiger partial charge in [0.1, 0.15) is 23.2 Å². The topological polar surface area (TPSA) is 58.4 Å². The number of hydrogen-bond donors (Lipinski definition) is 1. The monoisotopic (exact) mass is 415 g/mol. The van der Waals surface area contributed by atoms with Crippen LogP contribution >= 0.6 is 0 Å². The van der Waals surface area contributed by atoms with Crippen molar-refractivity contribution in [2.45, 2.75) is 25.8 Å². The fraction of sp³-hybridized carbons (Fsp3) is 0.273. The summed E-state index contributed by atoms with van der Waals surface area (Å²) in [7, 11) is 0. The van der Waals surface area contributed by atoms with Gasteiger partial charge in [-0.05, 0) is 61.7 Å². The number of rotatable bonds is 3. The summed E-state index contributed by atoms with van der Waals surface area (Å²) >= 11 is 0. The first kappa shape index (κ1) is 20.0. The van der Waals surface area contributed by atoms with Crippen LogP contribution in [0.5, 0.6) is 5.75 Å². The molecular weight excluding hydrogens is 395 g/mol. The van der Waals surface area contributed by atoms with Crippen molar-refractivity contribution in [1.29, 1.82) is 0 Å². The summed E-state index contributed by atoms with van der Waals surface area (Å²) in [6.07, 6.45) is 2.66. The molecule has 4 rings (SSSR count). The minimum absolute atomic E-state index is 0.116. The van der Waals surface area contributed by atoms with Gasteiger partial charge in [-0.3, -0.25) is 9.48 Å². The number of piperidine rings is 1. The lowest BCUT2D eigenvalue weighted by Crippen LogP contribution is -2.39. The van der Waals surface area contributed by atoms with Gasteiger partial charge in [-0.2, -0.15) is 5.10 Å². The first-order chi connectivity index (χ1) is 14.3. The molecule has 5 nitrogen and oxygen atoms in total. The van der Waals surface area contributed by atoms with Gasteiger partial charge in [0.25, 0.3) is 5.91 Å². The number of aromatic hydroxyl groups is 1. The molecule has 0 radical (unpaired) electrons. The Morgan fingerprint density at radius 3 is 2.50 bits per heavy atom. The molecule has 2 aromatic carbocycles. The lowest BCUT2D eigenvalue weighted by molar-refractivity contribution is 0.0685. The number of amides is 1. The van der Waals surface area contributed by atoms with E-state index >= 15 is 0 Å². The van der Waals surface area contributed by atoms with E-state index in [1.807, 2.05) is 0 Å². The van der Waals surface area contributed by atoms with Crippen LogP contribution in [0.2, 0.25) is 0 Å². The molecule has 1 aromatic heterocycles. The molecule has 1 saturated heterocycles. The van der Waals surface area contributed by atoms with Gasteiger partial charge in [-0.25, -0.2) is 13.2 Å². The number of hydrogen-bond acceptors (Lipinski definition) is 3. The summed E-state index contributed by atoms with van der Waals surface area (Å²) in [5, 5.41) is 13.9. The summed E-state index contributed by atoms with van der Waals surface area (Å²) in [5.74, 6) is -2.43. The van der Waals surface area contributed by atoms with Gasteiger partial charge in [0.15, 0.2) is 0 Å². The fourth-order valence-electron chi connectivity index (χ4n) is 3.90. The van der Waals surface area contributed by atoms with E-state index < -0.39 is 23.4 Å². The summed E-state index contributed by atoms with van der Waals surface area (Å²) in [6, 6.07) is 6.55. The molecule has 0 saturated carbocycles. The van der Waals surface area contributed by atoms with Crippen molar-refractivity contribution in [3.05, 3.63) is 71.2 Å². The molecule has 0 atom stereocenters. The highest BCUT2D eigenvalue weighted by Crippen LogP contribution is 2.33. The minimum Gasteiger partial charge on any atom is -0.508 e. The maximum atomic E-state index is 14.4. The molecule has 0 unspecified atom stereocenters. The SMILES string of the molecule is Cc1cnn(C2CCN(C(=O)c3cc(O)ccc3F)CC2)c1-c1cc(F)ccc1F. The van der Waals surface area contributed by atoms with E-state index in [1.54, 1.807) is 17.8 Å². The number of halogens is 3. The zero-order valence-electron chi connectivity index (χ0n) is 16.3. The van der Waals surface area contributed by atoms with Crippen molar-refractivity contribution in [3.63, 3.8) is 0 Å². The fourth-order valence-corrected chi connectivity index (χ4v) is 3.90. The van der Waals surface area contributed by atoms with Crippen LogP contribution in [0.3, 0.4) is 0 Å². The van der Waals surface area contributed by atoms with Gasteiger partial charge in [0.2, 0.25) is 0 Å². The Bertz CT molecular complexity index is 1110. The lowest BCUT2D eigenvalue weighted by atomic mass is 10.0. The molecular formula is C22H20F3N3O2. The molecule has 1 aliphatic rings. The Morgan fingerprint density at radius 1 is 1.07 bits per heavy atom. The van der Waals surface area contributed by atoms with Gasteiger partial charge >= 0.3 is 0 Å². The van der Waals surface area contributed by atoms with Crippen molar-refractivity contribution in [3.8, 4) is 17.0 Å². The summed E-state index contributed by atoms with van der Waals surface area (Å²) in [5.41, 5.74) is 1.20. The predicted octanol–water partition coefficient (Wildman–Crippen LogP) is 4.46. The van der Waals surface area contributed by atoms with Crippen molar-refractivity contribution >= 4 is 5.91 Å². The van der Waals surface area contributed by atoms with Gasteiger partial charge < -0.3 is 10.0 Å². The maximum Gasteiger partial charge on any atom is 0.256 e. The van der Waals surface area contributed by atoms with Crippen LogP contribution in [-0.4, -0.2) is 38.8 Å². The molecule has 1 fully saturated rings. The zero-order chi connectivity index (χ0) is 21.4. The Morgan fingerprint density at radius 2 is 1.77 bits per heavy atom. The molecule has 2 heterocycles. The van der Waals surface area contributed by atoms with E-state index in [2.05, 4.69) is 5.10 Å². The van der Waals surface area contributed by atoms with Crippen molar-refractivity contribution < 1.29 is 23.1 Å². The number of carbonyl (C=O) groups excluding carboxylic acids is 1. The van der Waals surface area contributed by atoms with Crippen molar-refractivity contribution in [2.24, 2.45) is 0 Å². The second kappa shape index (κ2) is 7.85. The smallest absolute Gasteiger partial charge is 0.256 e. The predicted molar refractivity (Wildman–Crippen MR) is 105 cm³/mol. The minimum atomic E-state index is -0.688. The van der Waals surface area contributed by atoms with Crippen LogP contribution < -0.4 is 0 Å². The number of nitrogens with zero attached hydrogens (tertiary/aromatic N) is 3. The Hall–Kier alpha value is -3.29. The molecule has 3 aromatic rings. The summed E-state index contributed by atoms with van der Waals surface area (Å²) < 4.78 is 43.8. The van der Waals surface area contributed by atoms with Crippen LogP contribution in [0.4, 0.5) is 13.2 Å². The standard InChI is InChI=1S/C22H20F3N3O2/c1-13-12-26-28(21(13)17-10-14(23)2-4-19(17)24)15-6-8-27(9-7-15)22(30)18-11-16(29)3-5-20(18)25/h2-5,10-12,15,29H,6-9H2,1H3.